The quantitative estimate of drug-likeness (QED) is 0.478. The Bertz CT molecular complexity index is 1180. The van der Waals surface area contributed by atoms with E-state index >= 15 is 0 Å². The highest BCUT2D eigenvalue weighted by atomic mass is 16.5. The largest absolute Gasteiger partial charge is 0.497 e. The maximum atomic E-state index is 13.1. The first-order valence-electron chi connectivity index (χ1n) is 10.1. The van der Waals surface area contributed by atoms with E-state index in [2.05, 4.69) is 27.8 Å². The van der Waals surface area contributed by atoms with Gasteiger partial charge in [0.25, 0.3) is 0 Å². The number of para-hydroxylation sites is 2. The molecular formula is C25H23N3O2. The minimum absolute atomic E-state index is 0.0318. The van der Waals surface area contributed by atoms with E-state index in [1.54, 1.807) is 7.11 Å². The topological polar surface area (TPSA) is 66.2 Å². The molecule has 0 unspecified atom stereocenters. The number of aromatic amines is 1. The van der Waals surface area contributed by atoms with Gasteiger partial charge in [-0.2, -0.15) is 0 Å². The Morgan fingerprint density at radius 1 is 0.967 bits per heavy atom. The third-order valence-electron chi connectivity index (χ3n) is 5.72. The smallest absolute Gasteiger partial charge is 0.241 e. The molecule has 0 bridgehead atoms. The fourth-order valence-corrected chi connectivity index (χ4v) is 4.21. The zero-order chi connectivity index (χ0) is 20.5. The van der Waals surface area contributed by atoms with Gasteiger partial charge in [-0.05, 0) is 47.9 Å². The maximum absolute atomic E-state index is 13.1. The SMILES string of the molecule is COc1ccc([C@H]2N[C@@H](C(=O)Nc3ccccc3)Cc3c2[nH]c2ccccc32)cc1. The predicted octanol–water partition coefficient (Wildman–Crippen LogP) is 4.42. The van der Waals surface area contributed by atoms with Crippen molar-refractivity contribution >= 4 is 22.5 Å². The minimum Gasteiger partial charge on any atom is -0.497 e. The van der Waals surface area contributed by atoms with Crippen LogP contribution in [0.4, 0.5) is 5.69 Å². The molecule has 3 aromatic carbocycles. The average molecular weight is 397 g/mol. The summed E-state index contributed by atoms with van der Waals surface area (Å²) in [4.78, 5) is 16.7. The fraction of sp³-hybridized carbons (Fsp3) is 0.160. The molecule has 3 N–H and O–H groups in total. The Kier molecular flexibility index (Phi) is 4.73. The van der Waals surface area contributed by atoms with E-state index in [1.165, 1.54) is 10.9 Å². The molecule has 0 aliphatic carbocycles. The van der Waals surface area contributed by atoms with Crippen molar-refractivity contribution in [2.45, 2.75) is 18.5 Å². The van der Waals surface area contributed by atoms with Gasteiger partial charge >= 0.3 is 0 Å². The Hall–Kier alpha value is -3.57. The van der Waals surface area contributed by atoms with Crippen molar-refractivity contribution in [2.24, 2.45) is 0 Å². The summed E-state index contributed by atoms with van der Waals surface area (Å²) in [5.41, 5.74) is 5.28. The highest BCUT2D eigenvalue weighted by Gasteiger charge is 2.34. The molecule has 1 aliphatic rings. The van der Waals surface area contributed by atoms with Gasteiger partial charge in [-0.1, -0.05) is 48.5 Å². The number of H-pyrrole nitrogens is 1. The molecule has 0 fully saturated rings. The number of rotatable bonds is 4. The standard InChI is InChI=1S/C25H23N3O2/c1-30-18-13-11-16(12-14-18)23-24-20(19-9-5-6-10-21(19)27-24)15-22(28-23)25(29)26-17-7-3-2-4-8-17/h2-14,22-23,27-28H,15H2,1H3,(H,26,29)/t22-,23-/m1/s1. The second-order valence-corrected chi connectivity index (χ2v) is 7.55. The zero-order valence-electron chi connectivity index (χ0n) is 16.7. The van der Waals surface area contributed by atoms with Crippen LogP contribution in [-0.4, -0.2) is 24.0 Å². The molecule has 0 saturated heterocycles. The van der Waals surface area contributed by atoms with Crippen molar-refractivity contribution in [3.8, 4) is 5.75 Å². The lowest BCUT2D eigenvalue weighted by atomic mass is 9.90. The number of nitrogens with one attached hydrogen (secondary N) is 3. The van der Waals surface area contributed by atoms with Crippen LogP contribution in [0.5, 0.6) is 5.75 Å². The van der Waals surface area contributed by atoms with Gasteiger partial charge in [-0.15, -0.1) is 0 Å². The molecule has 0 saturated carbocycles. The molecule has 1 amide bonds. The van der Waals surface area contributed by atoms with Crippen LogP contribution in [0.3, 0.4) is 0 Å². The van der Waals surface area contributed by atoms with Gasteiger partial charge in [0.2, 0.25) is 5.91 Å². The first kappa shape index (κ1) is 18.5. The van der Waals surface area contributed by atoms with Gasteiger partial charge in [-0.25, -0.2) is 0 Å². The number of benzene rings is 3. The summed E-state index contributed by atoms with van der Waals surface area (Å²) in [7, 11) is 1.66. The monoisotopic (exact) mass is 397 g/mol. The Labute approximate surface area is 175 Å². The van der Waals surface area contributed by atoms with Crippen molar-refractivity contribution < 1.29 is 9.53 Å². The predicted molar refractivity (Wildman–Crippen MR) is 119 cm³/mol. The molecule has 5 rings (SSSR count). The summed E-state index contributed by atoms with van der Waals surface area (Å²) in [6, 6.07) is 25.4. The van der Waals surface area contributed by atoms with Gasteiger partial charge in [0.05, 0.1) is 19.2 Å². The molecule has 2 heterocycles. The Morgan fingerprint density at radius 2 is 1.70 bits per heavy atom. The number of anilines is 1. The number of methoxy groups -OCH3 is 1. The number of carbonyl (C=O) groups is 1. The van der Waals surface area contributed by atoms with E-state index in [0.29, 0.717) is 6.42 Å². The molecule has 0 radical (unpaired) electrons. The van der Waals surface area contributed by atoms with Crippen molar-refractivity contribution in [1.82, 2.24) is 10.3 Å². The van der Waals surface area contributed by atoms with Crippen LogP contribution in [0.15, 0.2) is 78.9 Å². The number of ether oxygens (including phenoxy) is 1. The lowest BCUT2D eigenvalue weighted by molar-refractivity contribution is -0.118. The van der Waals surface area contributed by atoms with E-state index in [4.69, 9.17) is 4.74 Å². The molecule has 150 valence electrons. The van der Waals surface area contributed by atoms with Gasteiger partial charge in [0.15, 0.2) is 0 Å². The van der Waals surface area contributed by atoms with Crippen LogP contribution < -0.4 is 15.4 Å². The summed E-state index contributed by atoms with van der Waals surface area (Å²) in [5.74, 6) is 0.778. The van der Waals surface area contributed by atoms with E-state index in [-0.39, 0.29) is 18.0 Å². The Balaban J connectivity index is 1.53. The lowest BCUT2D eigenvalue weighted by Gasteiger charge is -2.31. The number of carbonyl (C=O) groups excluding carboxylic acids is 1. The molecule has 5 heteroatoms. The van der Waals surface area contributed by atoms with Gasteiger partial charge in [0, 0.05) is 22.3 Å². The molecule has 30 heavy (non-hydrogen) atoms. The number of hydrogen-bond acceptors (Lipinski definition) is 3. The summed E-state index contributed by atoms with van der Waals surface area (Å²) >= 11 is 0. The third kappa shape index (κ3) is 3.33. The summed E-state index contributed by atoms with van der Waals surface area (Å²) < 4.78 is 5.31. The molecule has 0 spiro atoms. The highest BCUT2D eigenvalue weighted by Crippen LogP contribution is 2.35. The second kappa shape index (κ2) is 7.69. The summed E-state index contributed by atoms with van der Waals surface area (Å²) in [5, 5.41) is 7.77. The maximum Gasteiger partial charge on any atom is 0.241 e. The molecule has 1 aromatic heterocycles. The van der Waals surface area contributed by atoms with Crippen LogP contribution in [0.1, 0.15) is 22.9 Å². The molecular weight excluding hydrogens is 374 g/mol. The summed E-state index contributed by atoms with van der Waals surface area (Å²) in [6.45, 7) is 0. The first-order chi connectivity index (χ1) is 14.7. The lowest BCUT2D eigenvalue weighted by Crippen LogP contribution is -2.47. The molecule has 2 atom stereocenters. The number of fused-ring (bicyclic) bond motifs is 3. The number of amides is 1. The third-order valence-corrected chi connectivity index (χ3v) is 5.72. The minimum atomic E-state index is -0.344. The zero-order valence-corrected chi connectivity index (χ0v) is 16.7. The van der Waals surface area contributed by atoms with Crippen molar-refractivity contribution in [3.63, 3.8) is 0 Å². The second-order valence-electron chi connectivity index (χ2n) is 7.55. The van der Waals surface area contributed by atoms with E-state index in [0.717, 1.165) is 28.2 Å². The van der Waals surface area contributed by atoms with Crippen LogP contribution in [0.2, 0.25) is 0 Å². The van der Waals surface area contributed by atoms with Crippen LogP contribution in [0, 0.1) is 0 Å². The molecule has 1 aliphatic heterocycles. The van der Waals surface area contributed by atoms with Crippen LogP contribution in [0.25, 0.3) is 10.9 Å². The normalized spacial score (nSPS) is 18.0. The van der Waals surface area contributed by atoms with E-state index in [9.17, 15) is 4.79 Å². The fourth-order valence-electron chi connectivity index (χ4n) is 4.21. The summed E-state index contributed by atoms with van der Waals surface area (Å²) in [6.07, 6.45) is 0.630. The van der Waals surface area contributed by atoms with Crippen molar-refractivity contribution in [3.05, 3.63) is 95.7 Å². The van der Waals surface area contributed by atoms with Gasteiger partial charge < -0.3 is 15.0 Å². The van der Waals surface area contributed by atoms with E-state index in [1.807, 2.05) is 66.7 Å². The number of aromatic nitrogens is 1. The van der Waals surface area contributed by atoms with Gasteiger partial charge in [0.1, 0.15) is 5.75 Å². The number of hydrogen-bond donors (Lipinski definition) is 3. The molecule has 5 nitrogen and oxygen atoms in total. The highest BCUT2D eigenvalue weighted by molar-refractivity contribution is 5.96. The van der Waals surface area contributed by atoms with Crippen molar-refractivity contribution in [2.75, 3.05) is 12.4 Å². The van der Waals surface area contributed by atoms with Crippen LogP contribution in [-0.2, 0) is 11.2 Å². The van der Waals surface area contributed by atoms with Crippen molar-refractivity contribution in [1.29, 1.82) is 0 Å². The Morgan fingerprint density at radius 3 is 2.47 bits per heavy atom. The van der Waals surface area contributed by atoms with Crippen LogP contribution >= 0.6 is 0 Å². The first-order valence-corrected chi connectivity index (χ1v) is 10.1. The molecule has 4 aromatic rings. The van der Waals surface area contributed by atoms with E-state index < -0.39 is 0 Å². The average Bonchev–Trinajstić information content (AvgIpc) is 3.18. The van der Waals surface area contributed by atoms with Gasteiger partial charge in [-0.3, -0.25) is 10.1 Å².